The summed E-state index contributed by atoms with van der Waals surface area (Å²) in [4.78, 5) is 17.3. The van der Waals surface area contributed by atoms with Crippen LogP contribution in [0.2, 0.25) is 0 Å². The Kier molecular flexibility index (Phi) is 3.17. The summed E-state index contributed by atoms with van der Waals surface area (Å²) >= 11 is 0. The molecule has 0 radical (unpaired) electrons. The Morgan fingerprint density at radius 3 is 2.65 bits per heavy atom. The molecule has 92 valence electrons. The highest BCUT2D eigenvalue weighted by Gasteiger charge is 2.38. The molecule has 17 heavy (non-hydrogen) atoms. The Morgan fingerprint density at radius 2 is 2.06 bits per heavy atom. The number of hydrogen-bond acceptors (Lipinski definition) is 3. The molecular weight excluding hydrogens is 218 g/mol. The molecule has 1 fully saturated rings. The Hall–Kier alpha value is -1.39. The first-order valence-electron chi connectivity index (χ1n) is 5.74. The van der Waals surface area contributed by atoms with Crippen molar-refractivity contribution in [2.45, 2.75) is 31.9 Å². The highest BCUT2D eigenvalue weighted by atomic mass is 16.7. The van der Waals surface area contributed by atoms with Crippen molar-refractivity contribution in [2.75, 3.05) is 6.61 Å². The standard InChI is InChI=1S/C13H17NO3/c1-13(2,16)12(15)14-11(8-9-17-14)10-6-4-3-5-7-10/h3-7,11,16H,8-9H2,1-2H3/t11-/m0/s1. The van der Waals surface area contributed by atoms with E-state index in [1.807, 2.05) is 30.3 Å². The quantitative estimate of drug-likeness (QED) is 0.848. The van der Waals surface area contributed by atoms with Crippen LogP contribution in [0.1, 0.15) is 31.9 Å². The number of hydrogen-bond donors (Lipinski definition) is 1. The zero-order valence-corrected chi connectivity index (χ0v) is 10.1. The van der Waals surface area contributed by atoms with E-state index in [9.17, 15) is 9.90 Å². The van der Waals surface area contributed by atoms with E-state index in [2.05, 4.69) is 0 Å². The second kappa shape index (κ2) is 4.47. The lowest BCUT2D eigenvalue weighted by molar-refractivity contribution is -0.193. The van der Waals surface area contributed by atoms with Crippen molar-refractivity contribution in [3.63, 3.8) is 0 Å². The normalized spacial score (nSPS) is 20.6. The fourth-order valence-electron chi connectivity index (χ4n) is 1.92. The molecule has 1 amide bonds. The maximum atomic E-state index is 12.0. The lowest BCUT2D eigenvalue weighted by atomic mass is 10.0. The molecule has 0 bridgehead atoms. The van der Waals surface area contributed by atoms with Gasteiger partial charge in [0.1, 0.15) is 5.60 Å². The highest BCUT2D eigenvalue weighted by Crippen LogP contribution is 2.31. The SMILES string of the molecule is CC(C)(O)C(=O)N1OCC[C@H]1c1ccccc1. The largest absolute Gasteiger partial charge is 0.381 e. The van der Waals surface area contributed by atoms with E-state index in [1.165, 1.54) is 18.9 Å². The van der Waals surface area contributed by atoms with Crippen molar-refractivity contribution < 1.29 is 14.7 Å². The van der Waals surface area contributed by atoms with Crippen molar-refractivity contribution in [3.05, 3.63) is 35.9 Å². The predicted molar refractivity (Wildman–Crippen MR) is 62.9 cm³/mol. The minimum Gasteiger partial charge on any atom is -0.381 e. The smallest absolute Gasteiger partial charge is 0.278 e. The van der Waals surface area contributed by atoms with Gasteiger partial charge in [0.15, 0.2) is 0 Å². The summed E-state index contributed by atoms with van der Waals surface area (Å²) < 4.78 is 0. The van der Waals surface area contributed by atoms with Crippen LogP contribution in [0.25, 0.3) is 0 Å². The molecular formula is C13H17NO3. The summed E-state index contributed by atoms with van der Waals surface area (Å²) in [6.07, 6.45) is 0.756. The molecule has 1 atom stereocenters. The third-order valence-corrected chi connectivity index (χ3v) is 2.81. The molecule has 0 spiro atoms. The number of aliphatic hydroxyl groups is 1. The number of carbonyl (C=O) groups excluding carboxylic acids is 1. The zero-order chi connectivity index (χ0) is 12.5. The molecule has 1 aromatic carbocycles. The third-order valence-electron chi connectivity index (χ3n) is 2.81. The monoisotopic (exact) mass is 235 g/mol. The van der Waals surface area contributed by atoms with Crippen LogP contribution < -0.4 is 0 Å². The molecule has 4 heteroatoms. The number of nitrogens with zero attached hydrogens (tertiary/aromatic N) is 1. The number of benzene rings is 1. The second-order valence-electron chi connectivity index (χ2n) is 4.74. The first kappa shape index (κ1) is 12.1. The number of amides is 1. The number of rotatable bonds is 2. The molecule has 0 saturated carbocycles. The molecule has 1 N–H and O–H groups in total. The van der Waals surface area contributed by atoms with Gasteiger partial charge in [0.2, 0.25) is 0 Å². The van der Waals surface area contributed by atoms with Crippen molar-refractivity contribution in [3.8, 4) is 0 Å². The Bertz CT molecular complexity index is 397. The summed E-state index contributed by atoms with van der Waals surface area (Å²) in [5.74, 6) is -0.399. The molecule has 4 nitrogen and oxygen atoms in total. The topological polar surface area (TPSA) is 49.8 Å². The van der Waals surface area contributed by atoms with Crippen LogP contribution in [0.3, 0.4) is 0 Å². The van der Waals surface area contributed by atoms with Gasteiger partial charge in [-0.05, 0) is 19.4 Å². The average molecular weight is 235 g/mol. The third kappa shape index (κ3) is 2.48. The molecule has 0 aliphatic carbocycles. The van der Waals surface area contributed by atoms with Crippen LogP contribution in [-0.2, 0) is 9.63 Å². The zero-order valence-electron chi connectivity index (χ0n) is 10.1. The van der Waals surface area contributed by atoms with E-state index < -0.39 is 11.5 Å². The van der Waals surface area contributed by atoms with Gasteiger partial charge in [0.05, 0.1) is 12.6 Å². The molecule has 1 saturated heterocycles. The first-order valence-corrected chi connectivity index (χ1v) is 5.74. The number of hydroxylamine groups is 2. The molecule has 1 aromatic rings. The fraction of sp³-hybridized carbons (Fsp3) is 0.462. The van der Waals surface area contributed by atoms with Gasteiger partial charge in [0.25, 0.3) is 5.91 Å². The van der Waals surface area contributed by atoms with Gasteiger partial charge in [0, 0.05) is 6.42 Å². The molecule has 1 heterocycles. The van der Waals surface area contributed by atoms with Gasteiger partial charge < -0.3 is 5.11 Å². The van der Waals surface area contributed by atoms with Crippen molar-refractivity contribution >= 4 is 5.91 Å². The molecule has 1 aliphatic heterocycles. The van der Waals surface area contributed by atoms with Crippen LogP contribution >= 0.6 is 0 Å². The van der Waals surface area contributed by atoms with E-state index in [4.69, 9.17) is 4.84 Å². The van der Waals surface area contributed by atoms with Gasteiger partial charge in [-0.25, -0.2) is 5.06 Å². The van der Waals surface area contributed by atoms with Crippen molar-refractivity contribution in [1.82, 2.24) is 5.06 Å². The predicted octanol–water partition coefficient (Wildman–Crippen LogP) is 1.66. The Morgan fingerprint density at radius 1 is 1.41 bits per heavy atom. The summed E-state index contributed by atoms with van der Waals surface area (Å²) in [5, 5.41) is 11.0. The summed E-state index contributed by atoms with van der Waals surface area (Å²) in [7, 11) is 0. The average Bonchev–Trinajstić information content (AvgIpc) is 2.76. The van der Waals surface area contributed by atoms with Crippen molar-refractivity contribution in [2.24, 2.45) is 0 Å². The van der Waals surface area contributed by atoms with Crippen LogP contribution in [0, 0.1) is 0 Å². The molecule has 2 rings (SSSR count). The molecule has 1 aliphatic rings. The van der Waals surface area contributed by atoms with Crippen LogP contribution in [0.4, 0.5) is 0 Å². The van der Waals surface area contributed by atoms with Crippen molar-refractivity contribution in [1.29, 1.82) is 0 Å². The van der Waals surface area contributed by atoms with Crippen LogP contribution in [-0.4, -0.2) is 28.3 Å². The molecule has 0 unspecified atom stereocenters. The maximum Gasteiger partial charge on any atom is 0.278 e. The lowest BCUT2D eigenvalue weighted by Crippen LogP contribution is -2.44. The Labute approximate surface area is 101 Å². The van der Waals surface area contributed by atoms with Gasteiger partial charge in [-0.15, -0.1) is 0 Å². The van der Waals surface area contributed by atoms with Gasteiger partial charge in [-0.2, -0.15) is 0 Å². The van der Waals surface area contributed by atoms with Gasteiger partial charge in [-0.1, -0.05) is 30.3 Å². The van der Waals surface area contributed by atoms with Crippen LogP contribution in [0.15, 0.2) is 30.3 Å². The maximum absolute atomic E-state index is 12.0. The van der Waals surface area contributed by atoms with E-state index in [0.717, 1.165) is 12.0 Å². The van der Waals surface area contributed by atoms with Gasteiger partial charge in [-0.3, -0.25) is 9.63 Å². The summed E-state index contributed by atoms with van der Waals surface area (Å²) in [5.41, 5.74) is -0.375. The number of carbonyl (C=O) groups is 1. The highest BCUT2D eigenvalue weighted by molar-refractivity contribution is 5.83. The fourth-order valence-corrected chi connectivity index (χ4v) is 1.92. The van der Waals surface area contributed by atoms with Crippen LogP contribution in [0.5, 0.6) is 0 Å². The van der Waals surface area contributed by atoms with E-state index in [0.29, 0.717) is 6.61 Å². The van der Waals surface area contributed by atoms with E-state index >= 15 is 0 Å². The van der Waals surface area contributed by atoms with E-state index in [-0.39, 0.29) is 6.04 Å². The minimum atomic E-state index is -1.41. The second-order valence-corrected chi connectivity index (χ2v) is 4.74. The first-order chi connectivity index (χ1) is 8.00. The lowest BCUT2D eigenvalue weighted by Gasteiger charge is -2.28. The summed E-state index contributed by atoms with van der Waals surface area (Å²) in [6.45, 7) is 3.44. The minimum absolute atomic E-state index is 0.102. The Balaban J connectivity index is 2.22. The molecule has 0 aromatic heterocycles. The van der Waals surface area contributed by atoms with E-state index in [1.54, 1.807) is 0 Å². The summed E-state index contributed by atoms with van der Waals surface area (Å²) in [6, 6.07) is 9.62. The van der Waals surface area contributed by atoms with Gasteiger partial charge >= 0.3 is 0 Å².